The summed E-state index contributed by atoms with van der Waals surface area (Å²) in [6, 6.07) is 9.68. The van der Waals surface area contributed by atoms with Gasteiger partial charge in [-0.2, -0.15) is 0 Å². The third-order valence-corrected chi connectivity index (χ3v) is 4.16. The van der Waals surface area contributed by atoms with Gasteiger partial charge in [0, 0.05) is 11.6 Å². The highest BCUT2D eigenvalue weighted by Crippen LogP contribution is 2.21. The van der Waals surface area contributed by atoms with Gasteiger partial charge in [-0.05, 0) is 35.9 Å². The minimum Gasteiger partial charge on any atom is -0.326 e. The quantitative estimate of drug-likeness (QED) is 0.911. The maximum atomic E-state index is 13.2. The molecule has 0 amide bonds. The Labute approximate surface area is 121 Å². The first-order valence-corrected chi connectivity index (χ1v) is 7.55. The zero-order valence-electron chi connectivity index (χ0n) is 10.3. The first-order valence-electron chi connectivity index (χ1n) is 5.68. The Kier molecular flexibility index (Phi) is 4.27. The van der Waals surface area contributed by atoms with Crippen molar-refractivity contribution in [3.05, 3.63) is 58.9 Å². The smallest absolute Gasteiger partial charge is 0.261 e. The van der Waals surface area contributed by atoms with Gasteiger partial charge in [-0.3, -0.25) is 4.72 Å². The summed E-state index contributed by atoms with van der Waals surface area (Å²) in [6.45, 7) is 0.231. The highest BCUT2D eigenvalue weighted by molar-refractivity contribution is 7.92. The van der Waals surface area contributed by atoms with E-state index in [1.165, 1.54) is 18.2 Å². The lowest BCUT2D eigenvalue weighted by atomic mass is 10.2. The topological polar surface area (TPSA) is 72.2 Å². The number of hydrogen-bond acceptors (Lipinski definition) is 3. The number of benzene rings is 2. The van der Waals surface area contributed by atoms with Crippen molar-refractivity contribution in [1.29, 1.82) is 0 Å². The lowest BCUT2D eigenvalue weighted by molar-refractivity contribution is 0.601. The molecule has 0 aliphatic carbocycles. The van der Waals surface area contributed by atoms with Crippen LogP contribution in [0.4, 0.5) is 10.1 Å². The molecule has 0 aromatic heterocycles. The Morgan fingerprint density at radius 1 is 1.20 bits per heavy atom. The number of sulfonamides is 1. The van der Waals surface area contributed by atoms with Crippen LogP contribution in [0.2, 0.25) is 5.02 Å². The first-order chi connectivity index (χ1) is 9.40. The van der Waals surface area contributed by atoms with Crippen LogP contribution in [0.1, 0.15) is 5.56 Å². The van der Waals surface area contributed by atoms with E-state index in [1.54, 1.807) is 12.1 Å². The molecule has 0 aliphatic rings. The summed E-state index contributed by atoms with van der Waals surface area (Å²) in [6.07, 6.45) is 0. The van der Waals surface area contributed by atoms with Crippen molar-refractivity contribution in [2.24, 2.45) is 5.73 Å². The Morgan fingerprint density at radius 2 is 1.95 bits per heavy atom. The number of rotatable bonds is 4. The van der Waals surface area contributed by atoms with E-state index in [9.17, 15) is 12.8 Å². The summed E-state index contributed by atoms with van der Waals surface area (Å²) in [5.41, 5.74) is 6.22. The first kappa shape index (κ1) is 14.8. The fourth-order valence-corrected chi connectivity index (χ4v) is 3.00. The molecule has 4 nitrogen and oxygen atoms in total. The van der Waals surface area contributed by atoms with Crippen molar-refractivity contribution in [3.63, 3.8) is 0 Å². The van der Waals surface area contributed by atoms with Gasteiger partial charge in [0.1, 0.15) is 5.82 Å². The van der Waals surface area contributed by atoms with E-state index in [2.05, 4.69) is 4.72 Å². The van der Waals surface area contributed by atoms with E-state index in [-0.39, 0.29) is 22.2 Å². The normalized spacial score (nSPS) is 11.3. The molecule has 2 aromatic rings. The maximum Gasteiger partial charge on any atom is 0.261 e. The van der Waals surface area contributed by atoms with Crippen LogP contribution in [-0.4, -0.2) is 8.42 Å². The van der Waals surface area contributed by atoms with Crippen molar-refractivity contribution < 1.29 is 12.8 Å². The molecule has 0 spiro atoms. The fourth-order valence-electron chi connectivity index (χ4n) is 1.67. The molecule has 2 aromatic carbocycles. The number of halogens is 2. The van der Waals surface area contributed by atoms with E-state index in [1.807, 2.05) is 0 Å². The van der Waals surface area contributed by atoms with Gasteiger partial charge in [0.2, 0.25) is 0 Å². The third kappa shape index (κ3) is 3.47. The zero-order valence-corrected chi connectivity index (χ0v) is 11.9. The highest BCUT2D eigenvalue weighted by Gasteiger charge is 2.15. The Hall–Kier alpha value is -1.63. The van der Waals surface area contributed by atoms with Crippen molar-refractivity contribution in [2.45, 2.75) is 11.4 Å². The standard InChI is InChI=1S/C13H12ClFN2O2S/c14-10-5-11(15)7-12(6-10)17-20(18,19)13-3-1-2-9(4-13)8-16/h1-7,17H,8,16H2. The second-order valence-corrected chi connectivity index (χ2v) is 6.23. The van der Waals surface area contributed by atoms with Crippen LogP contribution in [0.5, 0.6) is 0 Å². The number of anilines is 1. The van der Waals surface area contributed by atoms with Gasteiger partial charge in [0.05, 0.1) is 10.6 Å². The fraction of sp³-hybridized carbons (Fsp3) is 0.0769. The Bertz CT molecular complexity index is 715. The molecule has 3 N–H and O–H groups in total. The van der Waals surface area contributed by atoms with Gasteiger partial charge in [-0.25, -0.2) is 12.8 Å². The summed E-state index contributed by atoms with van der Waals surface area (Å²) in [5, 5.41) is 0.110. The second kappa shape index (κ2) is 5.78. The molecule has 0 aliphatic heterocycles. The lowest BCUT2D eigenvalue weighted by Gasteiger charge is -2.09. The molecule has 2 rings (SSSR count). The van der Waals surface area contributed by atoms with Crippen molar-refractivity contribution >= 4 is 27.3 Å². The molecule has 0 heterocycles. The average Bonchev–Trinajstić information content (AvgIpc) is 2.37. The van der Waals surface area contributed by atoms with Crippen LogP contribution in [-0.2, 0) is 16.6 Å². The molecule has 20 heavy (non-hydrogen) atoms. The van der Waals surface area contributed by atoms with E-state index >= 15 is 0 Å². The Morgan fingerprint density at radius 3 is 2.60 bits per heavy atom. The van der Waals surface area contributed by atoms with Crippen molar-refractivity contribution in [1.82, 2.24) is 0 Å². The molecular weight excluding hydrogens is 303 g/mol. The van der Waals surface area contributed by atoms with Crippen molar-refractivity contribution in [2.75, 3.05) is 4.72 Å². The van der Waals surface area contributed by atoms with Gasteiger partial charge >= 0.3 is 0 Å². The van der Waals surface area contributed by atoms with Gasteiger partial charge in [0.25, 0.3) is 10.0 Å². The molecule has 0 radical (unpaired) electrons. The van der Waals surface area contributed by atoms with Crippen LogP contribution < -0.4 is 10.5 Å². The van der Waals surface area contributed by atoms with Gasteiger partial charge in [0.15, 0.2) is 0 Å². The molecule has 7 heteroatoms. The summed E-state index contributed by atoms with van der Waals surface area (Å²) in [5.74, 6) is -0.620. The maximum absolute atomic E-state index is 13.2. The van der Waals surface area contributed by atoms with Gasteiger partial charge in [-0.1, -0.05) is 23.7 Å². The molecule has 0 saturated carbocycles. The van der Waals surface area contributed by atoms with Crippen LogP contribution in [0.25, 0.3) is 0 Å². The molecule has 0 saturated heterocycles. The Balaban J connectivity index is 2.35. The summed E-state index contributed by atoms with van der Waals surface area (Å²) in [4.78, 5) is 0.0563. The minimum absolute atomic E-state index is 0.0563. The second-order valence-electron chi connectivity index (χ2n) is 4.12. The number of nitrogens with one attached hydrogen (secondary N) is 1. The van der Waals surface area contributed by atoms with Crippen LogP contribution in [0, 0.1) is 5.82 Å². The molecule has 0 fully saturated rings. The molecule has 0 unspecified atom stereocenters. The predicted octanol–water partition coefficient (Wildman–Crippen LogP) is 2.74. The van der Waals surface area contributed by atoms with Gasteiger partial charge in [-0.15, -0.1) is 0 Å². The molecular formula is C13H12ClFN2O2S. The van der Waals surface area contributed by atoms with Crippen LogP contribution in [0.15, 0.2) is 47.4 Å². The monoisotopic (exact) mass is 314 g/mol. The molecule has 0 bridgehead atoms. The summed E-state index contributed by atoms with van der Waals surface area (Å²) in [7, 11) is -3.81. The zero-order chi connectivity index (χ0) is 14.8. The average molecular weight is 315 g/mol. The number of nitrogens with two attached hydrogens (primary N) is 1. The third-order valence-electron chi connectivity index (χ3n) is 2.56. The largest absolute Gasteiger partial charge is 0.326 e. The predicted molar refractivity (Wildman–Crippen MR) is 76.6 cm³/mol. The SMILES string of the molecule is NCc1cccc(S(=O)(=O)Nc2cc(F)cc(Cl)c2)c1. The van der Waals surface area contributed by atoms with Crippen LogP contribution >= 0.6 is 11.6 Å². The van der Waals surface area contributed by atoms with E-state index in [0.717, 1.165) is 12.1 Å². The summed E-state index contributed by atoms with van der Waals surface area (Å²) >= 11 is 5.68. The van der Waals surface area contributed by atoms with Gasteiger partial charge < -0.3 is 5.73 Å². The minimum atomic E-state index is -3.81. The van der Waals surface area contributed by atoms with E-state index < -0.39 is 15.8 Å². The van der Waals surface area contributed by atoms with E-state index in [4.69, 9.17) is 17.3 Å². The van der Waals surface area contributed by atoms with Crippen molar-refractivity contribution in [3.8, 4) is 0 Å². The molecule has 0 atom stereocenters. The highest BCUT2D eigenvalue weighted by atomic mass is 35.5. The summed E-state index contributed by atoms with van der Waals surface area (Å²) < 4.78 is 39.8. The van der Waals surface area contributed by atoms with E-state index in [0.29, 0.717) is 5.56 Å². The number of hydrogen-bond donors (Lipinski definition) is 2. The van der Waals surface area contributed by atoms with Crippen LogP contribution in [0.3, 0.4) is 0 Å². The lowest BCUT2D eigenvalue weighted by Crippen LogP contribution is -2.13. The molecule has 106 valence electrons.